The van der Waals surface area contributed by atoms with Crippen molar-refractivity contribution in [3.8, 4) is 0 Å². The number of nitrogens with zero attached hydrogens (tertiary/aromatic N) is 2. The number of esters is 1. The van der Waals surface area contributed by atoms with E-state index in [1.54, 1.807) is 22.7 Å². The second-order valence-electron chi connectivity index (χ2n) is 11.8. The SMILES string of the molecule is C=CCOC(=O)[C@@H]1[C@@H]2CC(C)C3(S2)C(C(=O)N(CC=C)C2CCCCC2)N([C@@H](CO)Cc2ccccc2)C(=O)[C@H]13. The Morgan fingerprint density at radius 2 is 1.93 bits per heavy atom. The van der Waals surface area contributed by atoms with E-state index in [1.165, 1.54) is 12.5 Å². The van der Waals surface area contributed by atoms with Crippen LogP contribution in [0.1, 0.15) is 51.0 Å². The lowest BCUT2D eigenvalue weighted by Crippen LogP contribution is -2.61. The van der Waals surface area contributed by atoms with Gasteiger partial charge in [0, 0.05) is 17.8 Å². The molecule has 0 radical (unpaired) electrons. The quantitative estimate of drug-likeness (QED) is 0.322. The first kappa shape index (κ1) is 28.9. The minimum atomic E-state index is -0.769. The van der Waals surface area contributed by atoms with E-state index < -0.39 is 34.6 Å². The molecular formula is C32H42N2O5S. The van der Waals surface area contributed by atoms with Crippen LogP contribution in [0.2, 0.25) is 0 Å². The molecule has 3 unspecified atom stereocenters. The van der Waals surface area contributed by atoms with Gasteiger partial charge in [-0.15, -0.1) is 18.3 Å². The zero-order valence-corrected chi connectivity index (χ0v) is 24.3. The summed E-state index contributed by atoms with van der Waals surface area (Å²) < 4.78 is 4.76. The highest BCUT2D eigenvalue weighted by Gasteiger charge is 2.77. The minimum Gasteiger partial charge on any atom is -0.461 e. The highest BCUT2D eigenvalue weighted by atomic mass is 32.2. The van der Waals surface area contributed by atoms with Gasteiger partial charge in [-0.25, -0.2) is 0 Å². The monoisotopic (exact) mass is 566 g/mol. The fraction of sp³-hybridized carbons (Fsp3) is 0.594. The van der Waals surface area contributed by atoms with Crippen molar-refractivity contribution in [1.82, 2.24) is 9.80 Å². The molecule has 1 saturated carbocycles. The standard InChI is InChI=1S/C32H42N2O5S/c1-4-16-33(23-14-10-7-11-15-23)30(37)28-32-21(3)18-25(40-32)26(31(38)39-17-5-2)27(32)29(36)34(28)24(20-35)19-22-12-8-6-9-13-22/h4-6,8-9,12-13,21,23-28,35H,1-2,7,10-11,14-20H2,3H3/t21?,24-,25+,26-,27+,28?,32?/m1/s1. The molecule has 216 valence electrons. The van der Waals surface area contributed by atoms with E-state index in [4.69, 9.17) is 4.74 Å². The Kier molecular flexibility index (Phi) is 8.76. The van der Waals surface area contributed by atoms with Gasteiger partial charge in [-0.3, -0.25) is 14.4 Å². The van der Waals surface area contributed by atoms with Crippen molar-refractivity contribution in [2.24, 2.45) is 17.8 Å². The van der Waals surface area contributed by atoms with E-state index in [1.807, 2.05) is 35.2 Å². The van der Waals surface area contributed by atoms with Crippen LogP contribution in [0.15, 0.2) is 55.6 Å². The van der Waals surface area contributed by atoms with E-state index in [0.29, 0.717) is 13.0 Å². The molecule has 7 atom stereocenters. The molecule has 5 rings (SSSR count). The molecule has 0 aromatic heterocycles. The summed E-state index contributed by atoms with van der Waals surface area (Å²) in [6, 6.07) is 8.50. The van der Waals surface area contributed by atoms with Gasteiger partial charge in [-0.1, -0.05) is 75.2 Å². The van der Waals surface area contributed by atoms with Gasteiger partial charge in [0.1, 0.15) is 12.6 Å². The van der Waals surface area contributed by atoms with Gasteiger partial charge in [0.05, 0.1) is 29.2 Å². The Morgan fingerprint density at radius 1 is 1.20 bits per heavy atom. The predicted molar refractivity (Wildman–Crippen MR) is 156 cm³/mol. The molecule has 1 aromatic rings. The third-order valence-corrected chi connectivity index (χ3v) is 11.7. The normalized spacial score (nSPS) is 32.0. The van der Waals surface area contributed by atoms with Gasteiger partial charge in [-0.2, -0.15) is 0 Å². The number of ether oxygens (including phenoxy) is 1. The number of amides is 2. The zero-order valence-electron chi connectivity index (χ0n) is 23.5. The van der Waals surface area contributed by atoms with Crippen LogP contribution in [-0.2, 0) is 25.5 Å². The molecule has 1 aliphatic carbocycles. The molecule has 2 bridgehead atoms. The Hall–Kier alpha value is -2.58. The molecule has 4 aliphatic rings. The van der Waals surface area contributed by atoms with Crippen molar-refractivity contribution in [3.05, 3.63) is 61.2 Å². The Bertz CT molecular complexity index is 1120. The van der Waals surface area contributed by atoms with E-state index in [-0.39, 0.29) is 42.2 Å². The number of likely N-dealkylation sites (tertiary alicyclic amines) is 1. The lowest BCUT2D eigenvalue weighted by atomic mass is 9.66. The van der Waals surface area contributed by atoms with Crippen LogP contribution in [0.3, 0.4) is 0 Å². The van der Waals surface area contributed by atoms with Crippen molar-refractivity contribution < 1.29 is 24.2 Å². The number of hydrogen-bond donors (Lipinski definition) is 1. The second kappa shape index (κ2) is 12.1. The van der Waals surface area contributed by atoms with Crippen LogP contribution < -0.4 is 0 Å². The lowest BCUT2D eigenvalue weighted by molar-refractivity contribution is -0.154. The summed E-state index contributed by atoms with van der Waals surface area (Å²) in [7, 11) is 0. The topological polar surface area (TPSA) is 87.2 Å². The molecular weight excluding hydrogens is 524 g/mol. The molecule has 7 nitrogen and oxygen atoms in total. The average molecular weight is 567 g/mol. The summed E-state index contributed by atoms with van der Waals surface area (Å²) >= 11 is 1.64. The molecule has 2 amide bonds. The average Bonchev–Trinajstić information content (AvgIpc) is 3.57. The van der Waals surface area contributed by atoms with E-state index >= 15 is 0 Å². The zero-order chi connectivity index (χ0) is 28.4. The number of carbonyl (C=O) groups is 3. The summed E-state index contributed by atoms with van der Waals surface area (Å²) in [6.45, 7) is 9.95. The van der Waals surface area contributed by atoms with Crippen molar-refractivity contribution >= 4 is 29.5 Å². The van der Waals surface area contributed by atoms with E-state index in [9.17, 15) is 19.5 Å². The number of hydrogen-bond acceptors (Lipinski definition) is 6. The summed E-state index contributed by atoms with van der Waals surface area (Å²) in [5, 5.41) is 10.6. The lowest BCUT2D eigenvalue weighted by Gasteiger charge is -2.44. The van der Waals surface area contributed by atoms with E-state index in [0.717, 1.165) is 37.7 Å². The first-order chi connectivity index (χ1) is 19.4. The first-order valence-electron chi connectivity index (χ1n) is 14.7. The Labute approximate surface area is 242 Å². The van der Waals surface area contributed by atoms with Crippen LogP contribution in [0, 0.1) is 17.8 Å². The largest absolute Gasteiger partial charge is 0.461 e. The molecule has 4 fully saturated rings. The first-order valence-corrected chi connectivity index (χ1v) is 15.6. The molecule has 3 heterocycles. The Morgan fingerprint density at radius 3 is 2.58 bits per heavy atom. The number of carbonyl (C=O) groups excluding carboxylic acids is 3. The summed E-state index contributed by atoms with van der Waals surface area (Å²) in [6.07, 6.45) is 9.66. The van der Waals surface area contributed by atoms with E-state index in [2.05, 4.69) is 20.1 Å². The number of aliphatic hydroxyl groups is 1. The highest BCUT2D eigenvalue weighted by Crippen LogP contribution is 2.69. The fourth-order valence-electron chi connectivity index (χ4n) is 7.88. The Balaban J connectivity index is 1.59. The molecule has 1 N–H and O–H groups in total. The van der Waals surface area contributed by atoms with Gasteiger partial charge >= 0.3 is 5.97 Å². The number of rotatable bonds is 11. The molecule has 3 saturated heterocycles. The molecule has 1 spiro atoms. The van der Waals surface area contributed by atoms with Crippen molar-refractivity contribution in [1.29, 1.82) is 0 Å². The third kappa shape index (κ3) is 4.81. The smallest absolute Gasteiger partial charge is 0.311 e. The van der Waals surface area contributed by atoms with Gasteiger partial charge in [0.15, 0.2) is 0 Å². The maximum absolute atomic E-state index is 14.8. The van der Waals surface area contributed by atoms with Gasteiger partial charge in [0.2, 0.25) is 11.8 Å². The predicted octanol–water partition coefficient (Wildman–Crippen LogP) is 4.00. The molecule has 1 aromatic carbocycles. The number of thioether (sulfide) groups is 1. The van der Waals surface area contributed by atoms with Gasteiger partial charge in [0.25, 0.3) is 0 Å². The van der Waals surface area contributed by atoms with Crippen molar-refractivity contribution in [2.45, 2.75) is 80.0 Å². The summed E-state index contributed by atoms with van der Waals surface area (Å²) in [4.78, 5) is 46.4. The fourth-order valence-corrected chi connectivity index (χ4v) is 10.3. The van der Waals surface area contributed by atoms with Gasteiger partial charge < -0.3 is 19.6 Å². The van der Waals surface area contributed by atoms with Crippen LogP contribution in [0.4, 0.5) is 0 Å². The molecule has 3 aliphatic heterocycles. The maximum atomic E-state index is 14.8. The van der Waals surface area contributed by atoms with Crippen LogP contribution in [0.25, 0.3) is 0 Å². The number of fused-ring (bicyclic) bond motifs is 1. The molecule has 8 heteroatoms. The molecule has 40 heavy (non-hydrogen) atoms. The van der Waals surface area contributed by atoms with Crippen LogP contribution >= 0.6 is 11.8 Å². The number of benzene rings is 1. The number of aliphatic hydroxyl groups excluding tert-OH is 1. The van der Waals surface area contributed by atoms with Crippen molar-refractivity contribution in [3.63, 3.8) is 0 Å². The maximum Gasteiger partial charge on any atom is 0.311 e. The highest BCUT2D eigenvalue weighted by molar-refractivity contribution is 8.02. The van der Waals surface area contributed by atoms with Crippen molar-refractivity contribution in [2.75, 3.05) is 19.8 Å². The minimum absolute atomic E-state index is 0.0480. The van der Waals surface area contributed by atoms with Crippen LogP contribution in [0.5, 0.6) is 0 Å². The second-order valence-corrected chi connectivity index (χ2v) is 13.4. The third-order valence-electron chi connectivity index (χ3n) is 9.58. The van der Waals surface area contributed by atoms with Gasteiger partial charge in [-0.05, 0) is 37.2 Å². The summed E-state index contributed by atoms with van der Waals surface area (Å²) in [5.74, 6) is -1.91. The summed E-state index contributed by atoms with van der Waals surface area (Å²) in [5.41, 5.74) is 0.984. The van der Waals surface area contributed by atoms with Crippen LogP contribution in [-0.4, -0.2) is 80.6 Å².